The van der Waals surface area contributed by atoms with E-state index >= 15 is 0 Å². The molecule has 1 aliphatic carbocycles. The Morgan fingerprint density at radius 3 is 2.38 bits per heavy atom. The van der Waals surface area contributed by atoms with Gasteiger partial charge in [-0.2, -0.15) is 0 Å². The van der Waals surface area contributed by atoms with Crippen molar-refractivity contribution in [3.8, 4) is 0 Å². The average Bonchev–Trinajstić information content (AvgIpc) is 2.01. The van der Waals surface area contributed by atoms with Gasteiger partial charge in [0.15, 0.2) is 9.84 Å². The highest BCUT2D eigenvalue weighted by atomic mass is 32.2. The fourth-order valence-corrected chi connectivity index (χ4v) is 3.85. The normalized spacial score (nSPS) is 36.1. The van der Waals surface area contributed by atoms with E-state index in [4.69, 9.17) is 5.73 Å². The fourth-order valence-electron chi connectivity index (χ4n) is 2.33. The van der Waals surface area contributed by atoms with E-state index in [9.17, 15) is 8.42 Å². The maximum Gasteiger partial charge on any atom is 0.150 e. The molecule has 1 rings (SSSR count). The quantitative estimate of drug-likeness (QED) is 0.725. The van der Waals surface area contributed by atoms with Gasteiger partial charge in [-0.3, -0.25) is 0 Å². The van der Waals surface area contributed by atoms with Gasteiger partial charge in [0, 0.05) is 6.26 Å². The van der Waals surface area contributed by atoms with E-state index in [1.165, 1.54) is 6.26 Å². The predicted octanol–water partition coefficient (Wildman–Crippen LogP) is 0.795. The number of sulfone groups is 1. The van der Waals surface area contributed by atoms with E-state index in [2.05, 4.69) is 0 Å². The zero-order valence-corrected chi connectivity index (χ0v) is 9.18. The first kappa shape index (κ1) is 11.0. The van der Waals surface area contributed by atoms with Crippen molar-refractivity contribution in [2.45, 2.75) is 31.4 Å². The lowest BCUT2D eigenvalue weighted by atomic mass is 9.82. The maximum absolute atomic E-state index is 11.4. The molecule has 0 aliphatic heterocycles. The molecule has 0 aromatic carbocycles. The molecule has 0 amide bonds. The Labute approximate surface area is 80.6 Å². The van der Waals surface area contributed by atoms with Crippen molar-refractivity contribution in [1.29, 1.82) is 0 Å². The average molecular weight is 205 g/mol. The van der Waals surface area contributed by atoms with Crippen molar-refractivity contribution in [2.24, 2.45) is 17.6 Å². The van der Waals surface area contributed by atoms with E-state index in [1.807, 2.05) is 6.92 Å². The second-order valence-corrected chi connectivity index (χ2v) is 6.52. The molecule has 0 aromatic heterocycles. The van der Waals surface area contributed by atoms with E-state index in [1.54, 1.807) is 0 Å². The van der Waals surface area contributed by atoms with Crippen molar-refractivity contribution >= 4 is 9.84 Å². The van der Waals surface area contributed by atoms with Gasteiger partial charge in [0.05, 0.1) is 5.25 Å². The first-order valence-corrected chi connectivity index (χ1v) is 6.79. The standard InChI is InChI=1S/C9H19NO2S/c1-7-5-8(6-10)3-4-9(7)13(2,11)12/h7-9H,3-6,10H2,1-2H3. The van der Waals surface area contributed by atoms with Gasteiger partial charge in [-0.1, -0.05) is 6.92 Å². The Kier molecular flexibility index (Phi) is 3.35. The third-order valence-electron chi connectivity index (χ3n) is 3.08. The number of rotatable bonds is 2. The highest BCUT2D eigenvalue weighted by molar-refractivity contribution is 7.91. The Hall–Kier alpha value is -0.0900. The summed E-state index contributed by atoms with van der Waals surface area (Å²) in [4.78, 5) is 0. The number of hydrogen-bond donors (Lipinski definition) is 1. The van der Waals surface area contributed by atoms with E-state index in [-0.39, 0.29) is 11.2 Å². The highest BCUT2D eigenvalue weighted by Gasteiger charge is 2.33. The zero-order valence-electron chi connectivity index (χ0n) is 8.36. The van der Waals surface area contributed by atoms with Crippen LogP contribution >= 0.6 is 0 Å². The van der Waals surface area contributed by atoms with Crippen LogP contribution in [0.2, 0.25) is 0 Å². The Morgan fingerprint density at radius 1 is 1.38 bits per heavy atom. The van der Waals surface area contributed by atoms with Gasteiger partial charge in [-0.05, 0) is 37.6 Å². The molecule has 1 aliphatic rings. The van der Waals surface area contributed by atoms with Crippen LogP contribution in [0, 0.1) is 11.8 Å². The van der Waals surface area contributed by atoms with Gasteiger partial charge in [0.25, 0.3) is 0 Å². The van der Waals surface area contributed by atoms with Crippen LogP contribution in [0.4, 0.5) is 0 Å². The summed E-state index contributed by atoms with van der Waals surface area (Å²) >= 11 is 0. The summed E-state index contributed by atoms with van der Waals surface area (Å²) in [6.07, 6.45) is 4.08. The Morgan fingerprint density at radius 2 is 2.00 bits per heavy atom. The molecule has 3 nitrogen and oxygen atoms in total. The third kappa shape index (κ3) is 2.68. The summed E-state index contributed by atoms with van der Waals surface area (Å²) in [5.41, 5.74) is 5.57. The molecule has 78 valence electrons. The van der Waals surface area contributed by atoms with Crippen molar-refractivity contribution in [1.82, 2.24) is 0 Å². The second kappa shape index (κ2) is 3.96. The van der Waals surface area contributed by atoms with Crippen molar-refractivity contribution < 1.29 is 8.42 Å². The Balaban J connectivity index is 2.64. The molecular formula is C9H19NO2S. The van der Waals surface area contributed by atoms with Crippen LogP contribution in [0.3, 0.4) is 0 Å². The molecular weight excluding hydrogens is 186 g/mol. The maximum atomic E-state index is 11.4. The molecule has 1 fully saturated rings. The van der Waals surface area contributed by atoms with Crippen LogP contribution in [-0.4, -0.2) is 26.5 Å². The molecule has 1 saturated carbocycles. The number of nitrogens with two attached hydrogens (primary N) is 1. The van der Waals surface area contributed by atoms with Crippen LogP contribution in [0.25, 0.3) is 0 Å². The molecule has 0 radical (unpaired) electrons. The SMILES string of the molecule is CC1CC(CN)CCC1S(C)(=O)=O. The van der Waals surface area contributed by atoms with E-state index in [0.717, 1.165) is 19.3 Å². The number of hydrogen-bond acceptors (Lipinski definition) is 3. The highest BCUT2D eigenvalue weighted by Crippen LogP contribution is 2.32. The van der Waals surface area contributed by atoms with Gasteiger partial charge in [0.1, 0.15) is 0 Å². The van der Waals surface area contributed by atoms with Gasteiger partial charge in [-0.25, -0.2) is 8.42 Å². The predicted molar refractivity (Wildman–Crippen MR) is 54.2 cm³/mol. The van der Waals surface area contributed by atoms with Crippen LogP contribution in [-0.2, 0) is 9.84 Å². The lowest BCUT2D eigenvalue weighted by Gasteiger charge is -2.32. The molecule has 2 N–H and O–H groups in total. The monoisotopic (exact) mass is 205 g/mol. The first-order chi connectivity index (χ1) is 5.95. The van der Waals surface area contributed by atoms with E-state index in [0.29, 0.717) is 12.5 Å². The molecule has 0 spiro atoms. The Bertz CT molecular complexity index is 261. The van der Waals surface area contributed by atoms with Crippen LogP contribution in [0.15, 0.2) is 0 Å². The minimum absolute atomic E-state index is 0.129. The van der Waals surface area contributed by atoms with Crippen molar-refractivity contribution in [3.63, 3.8) is 0 Å². The minimum atomic E-state index is -2.85. The van der Waals surface area contributed by atoms with Crippen LogP contribution < -0.4 is 5.73 Å². The molecule has 13 heavy (non-hydrogen) atoms. The molecule has 0 heterocycles. The third-order valence-corrected chi connectivity index (χ3v) is 4.88. The largest absolute Gasteiger partial charge is 0.330 e. The van der Waals surface area contributed by atoms with Gasteiger partial charge in [-0.15, -0.1) is 0 Å². The van der Waals surface area contributed by atoms with Crippen LogP contribution in [0.1, 0.15) is 26.2 Å². The van der Waals surface area contributed by atoms with Crippen molar-refractivity contribution in [2.75, 3.05) is 12.8 Å². The lowest BCUT2D eigenvalue weighted by Crippen LogP contribution is -2.35. The van der Waals surface area contributed by atoms with Gasteiger partial charge in [0.2, 0.25) is 0 Å². The summed E-state index contributed by atoms with van der Waals surface area (Å²) in [7, 11) is -2.85. The smallest absolute Gasteiger partial charge is 0.150 e. The molecule has 0 saturated heterocycles. The topological polar surface area (TPSA) is 60.2 Å². The summed E-state index contributed by atoms with van der Waals surface area (Å²) in [6.45, 7) is 2.72. The molecule has 3 atom stereocenters. The molecule has 0 aromatic rings. The van der Waals surface area contributed by atoms with Gasteiger partial charge < -0.3 is 5.73 Å². The fraction of sp³-hybridized carbons (Fsp3) is 1.00. The summed E-state index contributed by atoms with van der Waals surface area (Å²) in [6, 6.07) is 0. The first-order valence-electron chi connectivity index (χ1n) is 4.84. The van der Waals surface area contributed by atoms with Crippen LogP contribution in [0.5, 0.6) is 0 Å². The summed E-state index contributed by atoms with van der Waals surface area (Å²) < 4.78 is 22.7. The molecule has 3 unspecified atom stereocenters. The van der Waals surface area contributed by atoms with Gasteiger partial charge >= 0.3 is 0 Å². The summed E-state index contributed by atoms with van der Waals surface area (Å²) in [5.74, 6) is 0.810. The molecule has 4 heteroatoms. The lowest BCUT2D eigenvalue weighted by molar-refractivity contribution is 0.290. The van der Waals surface area contributed by atoms with E-state index < -0.39 is 9.84 Å². The minimum Gasteiger partial charge on any atom is -0.330 e. The zero-order chi connectivity index (χ0) is 10.1. The van der Waals surface area contributed by atoms with Crippen molar-refractivity contribution in [3.05, 3.63) is 0 Å². The molecule has 0 bridgehead atoms. The second-order valence-electron chi connectivity index (χ2n) is 4.26. The summed E-state index contributed by atoms with van der Waals surface area (Å²) in [5, 5.41) is -0.129.